The monoisotopic (exact) mass is 206 g/mol. The summed E-state index contributed by atoms with van der Waals surface area (Å²) in [4.78, 5) is 20.6. The third-order valence-corrected chi connectivity index (χ3v) is 1.96. The number of nitrogens with two attached hydrogens (primary N) is 1. The van der Waals surface area contributed by atoms with E-state index in [1.807, 2.05) is 6.07 Å². The van der Waals surface area contributed by atoms with Crippen LogP contribution in [0.15, 0.2) is 30.3 Å². The van der Waals surface area contributed by atoms with Crippen LogP contribution in [0.25, 0.3) is 0 Å². The van der Waals surface area contributed by atoms with E-state index in [2.05, 4.69) is 5.32 Å². The molecule has 3 N–H and O–H groups in total. The third kappa shape index (κ3) is 4.26. The van der Waals surface area contributed by atoms with Gasteiger partial charge in [0, 0.05) is 18.5 Å². The number of benzene rings is 1. The van der Waals surface area contributed by atoms with Crippen LogP contribution in [0.5, 0.6) is 0 Å². The van der Waals surface area contributed by atoms with Crippen molar-refractivity contribution in [2.24, 2.45) is 5.73 Å². The molecule has 1 saturated heterocycles. The lowest BCUT2D eigenvalue weighted by Crippen LogP contribution is -2.12. The van der Waals surface area contributed by atoms with Crippen LogP contribution in [0, 0.1) is 0 Å². The highest BCUT2D eigenvalue weighted by Crippen LogP contribution is 1.94. The molecule has 4 heteroatoms. The predicted octanol–water partition coefficient (Wildman–Crippen LogP) is 0.682. The van der Waals surface area contributed by atoms with Gasteiger partial charge in [0.15, 0.2) is 0 Å². The molecule has 0 saturated carbocycles. The summed E-state index contributed by atoms with van der Waals surface area (Å²) in [5, 5.41) is 2.68. The Morgan fingerprint density at radius 2 is 1.93 bits per heavy atom. The van der Waals surface area contributed by atoms with Gasteiger partial charge < -0.3 is 11.1 Å². The lowest BCUT2D eigenvalue weighted by molar-refractivity contribution is -0.119. The second kappa shape index (κ2) is 5.80. The molecule has 0 aliphatic carbocycles. The molecule has 80 valence electrons. The second-order valence-corrected chi connectivity index (χ2v) is 3.18. The predicted molar refractivity (Wildman–Crippen MR) is 57.2 cm³/mol. The summed E-state index contributed by atoms with van der Waals surface area (Å²) < 4.78 is 0. The maximum atomic E-state index is 10.4. The van der Waals surface area contributed by atoms with Crippen LogP contribution < -0.4 is 11.1 Å². The number of carbonyl (C=O) groups is 2. The minimum Gasteiger partial charge on any atom is -0.366 e. The molecule has 0 atom stereocenters. The highest BCUT2D eigenvalue weighted by molar-refractivity contribution is 5.92. The summed E-state index contributed by atoms with van der Waals surface area (Å²) in [6, 6.07) is 8.76. The molecule has 1 aliphatic heterocycles. The third-order valence-electron chi connectivity index (χ3n) is 1.96. The number of amides is 2. The molecule has 0 aromatic heterocycles. The fourth-order valence-electron chi connectivity index (χ4n) is 1.17. The van der Waals surface area contributed by atoms with Crippen LogP contribution >= 0.6 is 0 Å². The summed E-state index contributed by atoms with van der Waals surface area (Å²) in [5.41, 5.74) is 5.53. The Kier molecular flexibility index (Phi) is 4.34. The van der Waals surface area contributed by atoms with Crippen LogP contribution in [-0.4, -0.2) is 18.4 Å². The molecule has 0 radical (unpaired) electrons. The molecule has 1 heterocycles. The molecule has 2 rings (SSSR count). The maximum Gasteiger partial charge on any atom is 0.248 e. The number of carbonyl (C=O) groups excluding carboxylic acids is 2. The van der Waals surface area contributed by atoms with Crippen molar-refractivity contribution in [3.05, 3.63) is 35.9 Å². The van der Waals surface area contributed by atoms with Gasteiger partial charge in [-0.15, -0.1) is 0 Å². The topological polar surface area (TPSA) is 72.2 Å². The molecule has 1 aromatic rings. The Bertz CT molecular complexity index is 328. The van der Waals surface area contributed by atoms with Crippen molar-refractivity contribution in [2.75, 3.05) is 6.54 Å². The fraction of sp³-hybridized carbons (Fsp3) is 0.273. The second-order valence-electron chi connectivity index (χ2n) is 3.18. The lowest BCUT2D eigenvalue weighted by atomic mass is 10.2. The summed E-state index contributed by atoms with van der Waals surface area (Å²) in [6.07, 6.45) is 1.76. The van der Waals surface area contributed by atoms with Gasteiger partial charge in [0.05, 0.1) is 0 Å². The molecule has 4 nitrogen and oxygen atoms in total. The van der Waals surface area contributed by atoms with Gasteiger partial charge in [-0.1, -0.05) is 18.2 Å². The number of rotatable bonds is 1. The standard InChI is InChI=1S/C7H7NO.C4H7NO/c8-7(9)6-4-2-1-3-5-6;6-4-2-1-3-5-4/h1-5H,(H2,8,9);1-3H2,(H,5,6). The Hall–Kier alpha value is -1.84. The molecule has 15 heavy (non-hydrogen) atoms. The molecular weight excluding hydrogens is 192 g/mol. The number of hydrogen-bond donors (Lipinski definition) is 2. The Morgan fingerprint density at radius 3 is 2.20 bits per heavy atom. The van der Waals surface area contributed by atoms with Gasteiger partial charge in [0.1, 0.15) is 0 Å². The van der Waals surface area contributed by atoms with E-state index in [0.717, 1.165) is 19.4 Å². The van der Waals surface area contributed by atoms with E-state index >= 15 is 0 Å². The van der Waals surface area contributed by atoms with Gasteiger partial charge >= 0.3 is 0 Å². The molecular formula is C11H14N2O2. The molecule has 0 unspecified atom stereocenters. The number of hydrogen-bond acceptors (Lipinski definition) is 2. The normalized spacial score (nSPS) is 13.7. The van der Waals surface area contributed by atoms with Crippen molar-refractivity contribution in [3.63, 3.8) is 0 Å². The van der Waals surface area contributed by atoms with E-state index in [1.54, 1.807) is 24.3 Å². The first-order valence-electron chi connectivity index (χ1n) is 4.81. The summed E-state index contributed by atoms with van der Waals surface area (Å²) in [7, 11) is 0. The molecule has 1 fully saturated rings. The highest BCUT2D eigenvalue weighted by atomic mass is 16.2. The van der Waals surface area contributed by atoms with Crippen LogP contribution in [-0.2, 0) is 4.79 Å². The smallest absolute Gasteiger partial charge is 0.248 e. The van der Waals surface area contributed by atoms with Crippen molar-refractivity contribution in [3.8, 4) is 0 Å². The average molecular weight is 206 g/mol. The Balaban J connectivity index is 0.000000162. The highest BCUT2D eigenvalue weighted by Gasteiger charge is 2.05. The summed E-state index contributed by atoms with van der Waals surface area (Å²) >= 11 is 0. The van der Waals surface area contributed by atoms with E-state index in [9.17, 15) is 9.59 Å². The average Bonchev–Trinajstić information content (AvgIpc) is 2.71. The van der Waals surface area contributed by atoms with E-state index in [0.29, 0.717) is 5.56 Å². The fourth-order valence-corrected chi connectivity index (χ4v) is 1.17. The van der Waals surface area contributed by atoms with Gasteiger partial charge in [0.25, 0.3) is 0 Å². The minimum absolute atomic E-state index is 0.204. The largest absolute Gasteiger partial charge is 0.366 e. The van der Waals surface area contributed by atoms with Crippen molar-refractivity contribution in [1.29, 1.82) is 0 Å². The maximum absolute atomic E-state index is 10.4. The van der Waals surface area contributed by atoms with Gasteiger partial charge in [-0.25, -0.2) is 0 Å². The van der Waals surface area contributed by atoms with Crippen molar-refractivity contribution >= 4 is 11.8 Å². The first-order valence-corrected chi connectivity index (χ1v) is 4.81. The van der Waals surface area contributed by atoms with E-state index < -0.39 is 0 Å². The Morgan fingerprint density at radius 1 is 1.27 bits per heavy atom. The SMILES string of the molecule is NC(=O)c1ccccc1.O=C1CCCN1. The minimum atomic E-state index is -0.379. The van der Waals surface area contributed by atoms with Gasteiger partial charge in [-0.3, -0.25) is 9.59 Å². The lowest BCUT2D eigenvalue weighted by Gasteiger charge is -1.89. The molecule has 1 aromatic carbocycles. The van der Waals surface area contributed by atoms with Crippen molar-refractivity contribution in [2.45, 2.75) is 12.8 Å². The van der Waals surface area contributed by atoms with Crippen LogP contribution in [0.2, 0.25) is 0 Å². The van der Waals surface area contributed by atoms with E-state index in [-0.39, 0.29) is 11.8 Å². The first kappa shape index (κ1) is 11.2. The zero-order valence-electron chi connectivity index (χ0n) is 8.40. The summed E-state index contributed by atoms with van der Waals surface area (Å²) in [6.45, 7) is 0.888. The van der Waals surface area contributed by atoms with E-state index in [1.165, 1.54) is 0 Å². The Labute approximate surface area is 88.5 Å². The molecule has 1 aliphatic rings. The van der Waals surface area contributed by atoms with Crippen LogP contribution in [0.1, 0.15) is 23.2 Å². The van der Waals surface area contributed by atoms with Crippen LogP contribution in [0.4, 0.5) is 0 Å². The molecule has 0 bridgehead atoms. The quantitative estimate of drug-likeness (QED) is 0.709. The van der Waals surface area contributed by atoms with Crippen molar-refractivity contribution in [1.82, 2.24) is 5.32 Å². The van der Waals surface area contributed by atoms with Gasteiger partial charge in [-0.05, 0) is 18.6 Å². The zero-order chi connectivity index (χ0) is 11.1. The summed E-state index contributed by atoms with van der Waals surface area (Å²) in [5.74, 6) is -0.175. The number of primary amides is 1. The number of nitrogens with one attached hydrogen (secondary N) is 1. The molecule has 0 spiro atoms. The first-order chi connectivity index (χ1) is 7.20. The molecule has 2 amide bonds. The van der Waals surface area contributed by atoms with Gasteiger partial charge in [-0.2, -0.15) is 0 Å². The van der Waals surface area contributed by atoms with Crippen molar-refractivity contribution < 1.29 is 9.59 Å². The zero-order valence-corrected chi connectivity index (χ0v) is 8.40. The van der Waals surface area contributed by atoms with E-state index in [4.69, 9.17) is 5.73 Å². The van der Waals surface area contributed by atoms with Gasteiger partial charge in [0.2, 0.25) is 11.8 Å². The van der Waals surface area contributed by atoms with Crippen LogP contribution in [0.3, 0.4) is 0 Å².